The molecule has 2 heteroatoms. The Labute approximate surface area is 340 Å². The van der Waals surface area contributed by atoms with Crippen LogP contribution in [0.2, 0.25) is 0 Å². The average molecular weight is 743 g/mol. The van der Waals surface area contributed by atoms with Crippen LogP contribution >= 0.6 is 0 Å². The fourth-order valence-electron chi connectivity index (χ4n) is 7.96. The zero-order chi connectivity index (χ0) is 39.2. The van der Waals surface area contributed by atoms with Gasteiger partial charge in [-0.05, 0) is 112 Å². The molecule has 0 aliphatic rings. The largest absolute Gasteiger partial charge is 0.252 e. The molecule has 0 bridgehead atoms. The third-order valence-electron chi connectivity index (χ3n) is 10.8. The first-order valence-electron chi connectivity index (χ1n) is 20.9. The number of aliphatic imine (C=N–C) groups is 2. The van der Waals surface area contributed by atoms with Crippen molar-refractivity contribution in [1.82, 2.24) is 0 Å². The van der Waals surface area contributed by atoms with Crippen LogP contribution in [0.5, 0.6) is 0 Å². The molecule has 0 saturated heterocycles. The second-order valence-corrected chi connectivity index (χ2v) is 14.9. The molecule has 284 valence electrons. The molecular weight excluding hydrogens is 689 g/mol. The Balaban J connectivity index is 1.35. The molecule has 0 aromatic heterocycles. The Kier molecular flexibility index (Phi) is 13.5. The first-order valence-corrected chi connectivity index (χ1v) is 20.9. The molecule has 0 atom stereocenters. The molecule has 7 aromatic carbocycles. The summed E-state index contributed by atoms with van der Waals surface area (Å²) in [4.78, 5) is 10.8. The molecule has 0 saturated carbocycles. The predicted molar refractivity (Wildman–Crippen MR) is 247 cm³/mol. The van der Waals surface area contributed by atoms with Crippen molar-refractivity contribution >= 4 is 22.8 Å². The van der Waals surface area contributed by atoms with Gasteiger partial charge in [-0.25, -0.2) is 0 Å². The monoisotopic (exact) mass is 742 g/mol. The Morgan fingerprint density at radius 2 is 0.789 bits per heavy atom. The van der Waals surface area contributed by atoms with Gasteiger partial charge in [0, 0.05) is 0 Å². The molecule has 0 amide bonds. The number of nitrogens with zero attached hydrogens (tertiary/aromatic N) is 2. The zero-order valence-electron chi connectivity index (χ0n) is 33.8. The molecule has 7 rings (SSSR count). The van der Waals surface area contributed by atoms with E-state index in [2.05, 4.69) is 197 Å². The SMILES string of the molecule is CCCCCCCCc1cc(N=C(CC)C(C)=Nc2cc(-c3ccccc3)c(-c3ccccc3)c(-c3ccccc3)c2)cc(-c2ccccc2)c1-c1ccccc1. The second kappa shape index (κ2) is 19.6. The summed E-state index contributed by atoms with van der Waals surface area (Å²) >= 11 is 0. The average Bonchev–Trinajstić information content (AvgIpc) is 3.27. The lowest BCUT2D eigenvalue weighted by Gasteiger charge is -2.18. The van der Waals surface area contributed by atoms with Gasteiger partial charge in [0.15, 0.2) is 0 Å². The Hall–Kier alpha value is -6.12. The van der Waals surface area contributed by atoms with Crippen molar-refractivity contribution in [2.75, 3.05) is 0 Å². The van der Waals surface area contributed by atoms with Crippen molar-refractivity contribution < 1.29 is 0 Å². The van der Waals surface area contributed by atoms with Gasteiger partial charge < -0.3 is 0 Å². The van der Waals surface area contributed by atoms with Gasteiger partial charge in [0.25, 0.3) is 0 Å². The lowest BCUT2D eigenvalue weighted by Crippen LogP contribution is -2.08. The minimum atomic E-state index is 0.766. The molecule has 0 unspecified atom stereocenters. The van der Waals surface area contributed by atoms with Gasteiger partial charge in [0.2, 0.25) is 0 Å². The molecule has 0 spiro atoms. The van der Waals surface area contributed by atoms with E-state index >= 15 is 0 Å². The summed E-state index contributed by atoms with van der Waals surface area (Å²) in [5, 5.41) is 0. The van der Waals surface area contributed by atoms with Crippen LogP contribution in [0.25, 0.3) is 55.6 Å². The highest BCUT2D eigenvalue weighted by atomic mass is 14.8. The van der Waals surface area contributed by atoms with Crippen LogP contribution in [0.1, 0.15) is 71.3 Å². The van der Waals surface area contributed by atoms with Crippen molar-refractivity contribution in [3.63, 3.8) is 0 Å². The topological polar surface area (TPSA) is 24.7 Å². The van der Waals surface area contributed by atoms with E-state index in [0.717, 1.165) is 57.9 Å². The highest BCUT2D eigenvalue weighted by Crippen LogP contribution is 2.43. The number of aryl methyl sites for hydroxylation is 1. The van der Waals surface area contributed by atoms with E-state index in [1.54, 1.807) is 0 Å². The molecule has 0 heterocycles. The lowest BCUT2D eigenvalue weighted by atomic mass is 9.87. The first kappa shape index (κ1) is 39.1. The molecule has 7 aromatic rings. The van der Waals surface area contributed by atoms with Crippen LogP contribution in [0, 0.1) is 0 Å². The van der Waals surface area contributed by atoms with E-state index in [1.165, 1.54) is 77.5 Å². The lowest BCUT2D eigenvalue weighted by molar-refractivity contribution is 0.608. The summed E-state index contributed by atoms with van der Waals surface area (Å²) in [5.41, 5.74) is 17.2. The highest BCUT2D eigenvalue weighted by molar-refractivity contribution is 6.42. The number of hydrogen-bond acceptors (Lipinski definition) is 2. The predicted octanol–water partition coefficient (Wildman–Crippen LogP) is 16.2. The van der Waals surface area contributed by atoms with Crippen molar-refractivity contribution in [2.45, 2.75) is 72.1 Å². The smallest absolute Gasteiger partial charge is 0.0646 e. The second-order valence-electron chi connectivity index (χ2n) is 14.9. The van der Waals surface area contributed by atoms with E-state index in [9.17, 15) is 0 Å². The van der Waals surface area contributed by atoms with Crippen LogP contribution in [0.15, 0.2) is 186 Å². The van der Waals surface area contributed by atoms with Crippen molar-refractivity contribution in [3.8, 4) is 55.6 Å². The van der Waals surface area contributed by atoms with Gasteiger partial charge in [0.05, 0.1) is 22.8 Å². The van der Waals surface area contributed by atoms with Crippen LogP contribution in [0.4, 0.5) is 11.4 Å². The van der Waals surface area contributed by atoms with Crippen molar-refractivity contribution in [2.24, 2.45) is 9.98 Å². The molecule has 0 aliphatic carbocycles. The maximum absolute atomic E-state index is 5.44. The first-order chi connectivity index (χ1) is 28.1. The van der Waals surface area contributed by atoms with Gasteiger partial charge in [-0.3, -0.25) is 9.98 Å². The Morgan fingerprint density at radius 1 is 0.404 bits per heavy atom. The van der Waals surface area contributed by atoms with E-state index in [1.807, 2.05) is 0 Å². The number of benzene rings is 7. The highest BCUT2D eigenvalue weighted by Gasteiger charge is 2.18. The van der Waals surface area contributed by atoms with E-state index in [4.69, 9.17) is 9.98 Å². The molecule has 0 fully saturated rings. The van der Waals surface area contributed by atoms with Gasteiger partial charge in [-0.15, -0.1) is 0 Å². The van der Waals surface area contributed by atoms with Gasteiger partial charge in [-0.2, -0.15) is 0 Å². The number of rotatable bonds is 16. The van der Waals surface area contributed by atoms with Crippen LogP contribution in [-0.4, -0.2) is 11.4 Å². The molecule has 57 heavy (non-hydrogen) atoms. The summed E-state index contributed by atoms with van der Waals surface area (Å²) in [7, 11) is 0. The van der Waals surface area contributed by atoms with Gasteiger partial charge >= 0.3 is 0 Å². The Morgan fingerprint density at radius 3 is 1.25 bits per heavy atom. The van der Waals surface area contributed by atoms with E-state index in [-0.39, 0.29) is 0 Å². The van der Waals surface area contributed by atoms with Gasteiger partial charge in [-0.1, -0.05) is 198 Å². The van der Waals surface area contributed by atoms with Crippen LogP contribution in [0.3, 0.4) is 0 Å². The third-order valence-corrected chi connectivity index (χ3v) is 10.8. The molecule has 0 N–H and O–H groups in total. The normalized spacial score (nSPS) is 11.8. The van der Waals surface area contributed by atoms with E-state index < -0.39 is 0 Å². The minimum absolute atomic E-state index is 0.766. The van der Waals surface area contributed by atoms with Crippen molar-refractivity contribution in [3.05, 3.63) is 181 Å². The number of hydrogen-bond donors (Lipinski definition) is 0. The fraction of sp³-hybridized carbons (Fsp3) is 0.200. The minimum Gasteiger partial charge on any atom is -0.252 e. The summed E-state index contributed by atoms with van der Waals surface area (Å²) in [6.07, 6.45) is 9.38. The van der Waals surface area contributed by atoms with Gasteiger partial charge in [0.1, 0.15) is 0 Å². The maximum atomic E-state index is 5.44. The summed E-state index contributed by atoms with van der Waals surface area (Å²) in [5.74, 6) is 0. The van der Waals surface area contributed by atoms with Crippen LogP contribution in [-0.2, 0) is 6.42 Å². The van der Waals surface area contributed by atoms with Crippen LogP contribution < -0.4 is 0 Å². The summed E-state index contributed by atoms with van der Waals surface area (Å²) < 4.78 is 0. The standard InChI is InChI=1S/C55H54N2/c1-4-6-7-8-9-15-36-47-37-48(38-50(42-26-16-10-17-27-42)54(47)45-32-22-13-23-33-45)57-53(5-2)41(3)56-49-39-51(43-28-18-11-19-29-43)55(46-34-24-14-25-35-46)52(40-49)44-30-20-12-21-31-44/h10-14,16-35,37-40H,4-9,15,36H2,1-3H3. The zero-order valence-corrected chi connectivity index (χ0v) is 33.8. The Bertz CT molecular complexity index is 2330. The summed E-state index contributed by atoms with van der Waals surface area (Å²) in [6, 6.07) is 63.0. The fourth-order valence-corrected chi connectivity index (χ4v) is 7.96. The molecule has 0 aliphatic heterocycles. The van der Waals surface area contributed by atoms with Crippen molar-refractivity contribution in [1.29, 1.82) is 0 Å². The maximum Gasteiger partial charge on any atom is 0.0646 e. The summed E-state index contributed by atoms with van der Waals surface area (Å²) in [6.45, 7) is 6.59. The molecule has 0 radical (unpaired) electrons. The third kappa shape index (κ3) is 9.83. The quantitative estimate of drug-likeness (QED) is 0.0696. The van der Waals surface area contributed by atoms with E-state index in [0.29, 0.717) is 0 Å². The molecule has 2 nitrogen and oxygen atoms in total. The number of unbranched alkanes of at least 4 members (excludes halogenated alkanes) is 5. The molecular formula is C55H54N2.